The average molecular weight is 369 g/mol. The van der Waals surface area contributed by atoms with E-state index in [1.807, 2.05) is 61.5 Å². The number of benzene rings is 2. The molecular formula is C23H32N2O2. The van der Waals surface area contributed by atoms with Crippen LogP contribution in [-0.2, 0) is 4.79 Å². The van der Waals surface area contributed by atoms with Crippen molar-refractivity contribution >= 4 is 5.91 Å². The van der Waals surface area contributed by atoms with Crippen LogP contribution in [0, 0.1) is 6.92 Å². The number of carbonyl (C=O) groups is 1. The average Bonchev–Trinajstić information content (AvgIpc) is 2.63. The van der Waals surface area contributed by atoms with Crippen molar-refractivity contribution in [2.75, 3.05) is 13.1 Å². The van der Waals surface area contributed by atoms with E-state index in [-0.39, 0.29) is 5.91 Å². The summed E-state index contributed by atoms with van der Waals surface area (Å²) in [6.45, 7) is 12.1. The lowest BCUT2D eigenvalue weighted by atomic mass is 10.1. The van der Waals surface area contributed by atoms with Gasteiger partial charge in [-0.2, -0.15) is 0 Å². The summed E-state index contributed by atoms with van der Waals surface area (Å²) >= 11 is 0. The van der Waals surface area contributed by atoms with Gasteiger partial charge < -0.3 is 10.1 Å². The molecule has 0 bridgehead atoms. The van der Waals surface area contributed by atoms with Crippen LogP contribution in [0.5, 0.6) is 5.75 Å². The van der Waals surface area contributed by atoms with Crippen LogP contribution in [0.2, 0.25) is 0 Å². The lowest BCUT2D eigenvalue weighted by Gasteiger charge is -2.30. The van der Waals surface area contributed by atoms with Gasteiger partial charge in [-0.05, 0) is 52.3 Å². The number of nitrogens with zero attached hydrogens (tertiary/aromatic N) is 1. The normalized spacial score (nSPS) is 12.4. The van der Waals surface area contributed by atoms with E-state index in [4.69, 9.17) is 4.74 Å². The van der Waals surface area contributed by atoms with Crippen LogP contribution in [0.15, 0.2) is 54.6 Å². The summed E-state index contributed by atoms with van der Waals surface area (Å²) in [4.78, 5) is 15.3. The van der Waals surface area contributed by atoms with Crippen molar-refractivity contribution in [3.63, 3.8) is 0 Å². The lowest BCUT2D eigenvalue weighted by Crippen LogP contribution is -2.43. The maximum atomic E-state index is 12.9. The molecule has 0 spiro atoms. The molecule has 2 aromatic rings. The number of carbonyl (C=O) groups excluding carboxylic acids is 1. The first-order chi connectivity index (χ1) is 12.9. The minimum Gasteiger partial charge on any atom is -0.476 e. The summed E-state index contributed by atoms with van der Waals surface area (Å²) < 4.78 is 6.07. The topological polar surface area (TPSA) is 41.6 Å². The van der Waals surface area contributed by atoms with E-state index in [0.717, 1.165) is 17.7 Å². The molecule has 0 aliphatic rings. The number of aryl methyl sites for hydroxylation is 1. The van der Waals surface area contributed by atoms with Crippen molar-refractivity contribution in [3.8, 4) is 5.75 Å². The Morgan fingerprint density at radius 3 is 2.26 bits per heavy atom. The first-order valence-electron chi connectivity index (χ1n) is 9.70. The Morgan fingerprint density at radius 1 is 1.00 bits per heavy atom. The second-order valence-electron chi connectivity index (χ2n) is 7.44. The Kier molecular flexibility index (Phi) is 7.86. The highest BCUT2D eigenvalue weighted by Crippen LogP contribution is 2.23. The van der Waals surface area contributed by atoms with Crippen LogP contribution in [0.1, 0.15) is 44.9 Å². The van der Waals surface area contributed by atoms with E-state index < -0.39 is 6.10 Å². The van der Waals surface area contributed by atoms with Gasteiger partial charge in [0.05, 0.1) is 0 Å². The molecule has 1 atom stereocenters. The molecule has 2 aromatic carbocycles. The van der Waals surface area contributed by atoms with Crippen LogP contribution >= 0.6 is 0 Å². The third-order valence-corrected chi connectivity index (χ3v) is 4.58. The largest absolute Gasteiger partial charge is 0.476 e. The summed E-state index contributed by atoms with van der Waals surface area (Å²) in [5, 5.41) is 3.05. The van der Waals surface area contributed by atoms with Gasteiger partial charge >= 0.3 is 0 Å². The van der Waals surface area contributed by atoms with Crippen LogP contribution in [0.3, 0.4) is 0 Å². The SMILES string of the molecule is Cc1cccc(O[C@H](C(=O)NCCN(C(C)C)C(C)C)c2ccccc2)c1. The molecule has 0 saturated carbocycles. The van der Waals surface area contributed by atoms with Gasteiger partial charge in [0.25, 0.3) is 5.91 Å². The summed E-state index contributed by atoms with van der Waals surface area (Å²) in [6, 6.07) is 18.3. The second kappa shape index (κ2) is 10.1. The van der Waals surface area contributed by atoms with Gasteiger partial charge in [0.1, 0.15) is 5.75 Å². The maximum absolute atomic E-state index is 12.9. The molecule has 0 heterocycles. The predicted octanol–water partition coefficient (Wildman–Crippen LogP) is 4.35. The van der Waals surface area contributed by atoms with Gasteiger partial charge in [-0.15, -0.1) is 0 Å². The molecule has 0 aliphatic carbocycles. The number of ether oxygens (including phenoxy) is 1. The fourth-order valence-corrected chi connectivity index (χ4v) is 3.24. The maximum Gasteiger partial charge on any atom is 0.265 e. The summed E-state index contributed by atoms with van der Waals surface area (Å²) in [5.74, 6) is 0.583. The molecule has 0 radical (unpaired) electrons. The smallest absolute Gasteiger partial charge is 0.265 e. The van der Waals surface area contributed by atoms with E-state index in [1.54, 1.807) is 0 Å². The number of amides is 1. The highest BCUT2D eigenvalue weighted by molar-refractivity contribution is 5.82. The van der Waals surface area contributed by atoms with Crippen LogP contribution < -0.4 is 10.1 Å². The van der Waals surface area contributed by atoms with Crippen LogP contribution in [0.25, 0.3) is 0 Å². The molecule has 1 N–H and O–H groups in total. The van der Waals surface area contributed by atoms with Crippen molar-refractivity contribution in [1.82, 2.24) is 10.2 Å². The molecule has 0 saturated heterocycles. The van der Waals surface area contributed by atoms with Crippen LogP contribution in [-0.4, -0.2) is 36.0 Å². The Balaban J connectivity index is 2.08. The van der Waals surface area contributed by atoms with Crippen molar-refractivity contribution in [3.05, 3.63) is 65.7 Å². The zero-order valence-corrected chi connectivity index (χ0v) is 17.1. The summed E-state index contributed by atoms with van der Waals surface area (Å²) in [6.07, 6.45) is -0.667. The molecule has 146 valence electrons. The first kappa shape index (κ1) is 21.0. The Hall–Kier alpha value is -2.33. The standard InChI is InChI=1S/C23H32N2O2/c1-17(2)25(18(3)4)15-14-24-23(26)22(20-11-7-6-8-12-20)27-21-13-9-10-19(5)16-21/h6-13,16-18,22H,14-15H2,1-5H3,(H,24,26)/t22-/m0/s1. The molecule has 0 unspecified atom stereocenters. The zero-order valence-electron chi connectivity index (χ0n) is 17.1. The highest BCUT2D eigenvalue weighted by atomic mass is 16.5. The summed E-state index contributed by atoms with van der Waals surface area (Å²) in [5.41, 5.74) is 1.95. The minimum absolute atomic E-state index is 0.116. The molecule has 1 amide bonds. The third kappa shape index (κ3) is 6.40. The van der Waals surface area contributed by atoms with Crippen molar-refractivity contribution in [1.29, 1.82) is 0 Å². The van der Waals surface area contributed by atoms with Gasteiger partial charge in [-0.25, -0.2) is 0 Å². The fourth-order valence-electron chi connectivity index (χ4n) is 3.24. The molecule has 0 fully saturated rings. The highest BCUT2D eigenvalue weighted by Gasteiger charge is 2.23. The Labute approximate surface area is 163 Å². The molecule has 0 aromatic heterocycles. The first-order valence-corrected chi connectivity index (χ1v) is 9.70. The number of hydrogen-bond acceptors (Lipinski definition) is 3. The monoisotopic (exact) mass is 368 g/mol. The molecule has 0 aliphatic heterocycles. The quantitative estimate of drug-likeness (QED) is 0.715. The molecule has 4 heteroatoms. The van der Waals surface area contributed by atoms with Crippen molar-refractivity contribution < 1.29 is 9.53 Å². The van der Waals surface area contributed by atoms with E-state index in [0.29, 0.717) is 24.4 Å². The van der Waals surface area contributed by atoms with Crippen molar-refractivity contribution in [2.24, 2.45) is 0 Å². The van der Waals surface area contributed by atoms with Gasteiger partial charge in [-0.1, -0.05) is 42.5 Å². The van der Waals surface area contributed by atoms with E-state index in [9.17, 15) is 4.79 Å². The minimum atomic E-state index is -0.667. The van der Waals surface area contributed by atoms with Gasteiger partial charge in [0.2, 0.25) is 6.10 Å². The van der Waals surface area contributed by atoms with Gasteiger partial charge in [0.15, 0.2) is 0 Å². The number of nitrogens with one attached hydrogen (secondary N) is 1. The fraction of sp³-hybridized carbons (Fsp3) is 0.435. The van der Waals surface area contributed by atoms with E-state index >= 15 is 0 Å². The molecule has 4 nitrogen and oxygen atoms in total. The molecule has 2 rings (SSSR count). The Morgan fingerprint density at radius 2 is 1.67 bits per heavy atom. The van der Waals surface area contributed by atoms with Gasteiger partial charge in [0, 0.05) is 30.7 Å². The van der Waals surface area contributed by atoms with E-state index in [2.05, 4.69) is 37.9 Å². The zero-order chi connectivity index (χ0) is 19.8. The summed E-state index contributed by atoms with van der Waals surface area (Å²) in [7, 11) is 0. The molecular weight excluding hydrogens is 336 g/mol. The predicted molar refractivity (Wildman–Crippen MR) is 111 cm³/mol. The number of rotatable bonds is 9. The second-order valence-corrected chi connectivity index (χ2v) is 7.44. The Bertz CT molecular complexity index is 705. The third-order valence-electron chi connectivity index (χ3n) is 4.58. The van der Waals surface area contributed by atoms with Gasteiger partial charge in [-0.3, -0.25) is 9.69 Å². The van der Waals surface area contributed by atoms with Crippen molar-refractivity contribution in [2.45, 2.75) is 52.8 Å². The lowest BCUT2D eigenvalue weighted by molar-refractivity contribution is -0.128. The number of hydrogen-bond donors (Lipinski definition) is 1. The van der Waals surface area contributed by atoms with Crippen LogP contribution in [0.4, 0.5) is 0 Å². The van der Waals surface area contributed by atoms with E-state index in [1.165, 1.54) is 0 Å². The molecule has 27 heavy (non-hydrogen) atoms.